The molecule has 1 amide bonds. The van der Waals surface area contributed by atoms with Crippen molar-refractivity contribution in [3.05, 3.63) is 29.6 Å². The predicted molar refractivity (Wildman–Crippen MR) is 72.1 cm³/mol. The number of benzene rings is 1. The van der Waals surface area contributed by atoms with E-state index in [9.17, 15) is 14.0 Å². The van der Waals surface area contributed by atoms with Gasteiger partial charge < -0.3 is 10.4 Å². The fourth-order valence-corrected chi connectivity index (χ4v) is 3.17. The van der Waals surface area contributed by atoms with Gasteiger partial charge in [-0.05, 0) is 36.8 Å². The highest BCUT2D eigenvalue weighted by Crippen LogP contribution is 2.27. The first-order chi connectivity index (χ1) is 9.08. The van der Waals surface area contributed by atoms with Crippen LogP contribution in [-0.2, 0) is 4.79 Å². The zero-order chi connectivity index (χ0) is 13.8. The van der Waals surface area contributed by atoms with Crippen LogP contribution in [0, 0.1) is 5.82 Å². The molecule has 6 heteroatoms. The molecule has 0 aliphatic carbocycles. The van der Waals surface area contributed by atoms with E-state index in [-0.39, 0.29) is 22.4 Å². The molecule has 2 N–H and O–H groups in total. The van der Waals surface area contributed by atoms with E-state index >= 15 is 0 Å². The predicted octanol–water partition coefficient (Wildman–Crippen LogP) is 2.75. The molecular weight excluding hydrogens is 269 g/mol. The van der Waals surface area contributed by atoms with E-state index in [0.717, 1.165) is 43.2 Å². The minimum Gasteiger partial charge on any atom is -0.478 e. The lowest BCUT2D eigenvalue weighted by atomic mass is 10.1. The highest BCUT2D eigenvalue weighted by Gasteiger charge is 2.23. The SMILES string of the molecule is O=C(O)c1ccc(F)cc1NC(=O)C1CCCCS1. The lowest BCUT2D eigenvalue weighted by Crippen LogP contribution is -2.28. The molecule has 1 saturated heterocycles. The minimum atomic E-state index is -1.19. The number of halogens is 1. The van der Waals surface area contributed by atoms with Crippen LogP contribution in [0.25, 0.3) is 0 Å². The van der Waals surface area contributed by atoms with Crippen LogP contribution in [0.5, 0.6) is 0 Å². The van der Waals surface area contributed by atoms with Gasteiger partial charge in [-0.2, -0.15) is 0 Å². The molecule has 2 rings (SSSR count). The number of hydrogen-bond donors (Lipinski definition) is 2. The topological polar surface area (TPSA) is 66.4 Å². The Morgan fingerprint density at radius 2 is 2.16 bits per heavy atom. The first kappa shape index (κ1) is 13.9. The van der Waals surface area contributed by atoms with Crippen molar-refractivity contribution in [1.82, 2.24) is 0 Å². The van der Waals surface area contributed by atoms with Crippen molar-refractivity contribution >= 4 is 29.3 Å². The van der Waals surface area contributed by atoms with E-state index in [1.807, 2.05) is 0 Å². The van der Waals surface area contributed by atoms with Gasteiger partial charge in [-0.25, -0.2) is 9.18 Å². The number of thioether (sulfide) groups is 1. The van der Waals surface area contributed by atoms with Gasteiger partial charge in [-0.3, -0.25) is 4.79 Å². The number of aromatic carboxylic acids is 1. The van der Waals surface area contributed by atoms with Gasteiger partial charge in [0.05, 0.1) is 16.5 Å². The summed E-state index contributed by atoms with van der Waals surface area (Å²) >= 11 is 1.56. The van der Waals surface area contributed by atoms with Crippen LogP contribution in [-0.4, -0.2) is 28.0 Å². The van der Waals surface area contributed by atoms with Crippen molar-refractivity contribution < 1.29 is 19.1 Å². The fourth-order valence-electron chi connectivity index (χ4n) is 1.97. The quantitative estimate of drug-likeness (QED) is 0.895. The molecule has 0 saturated carbocycles. The number of hydrogen-bond acceptors (Lipinski definition) is 3. The summed E-state index contributed by atoms with van der Waals surface area (Å²) in [5.74, 6) is -1.09. The zero-order valence-electron chi connectivity index (χ0n) is 10.2. The van der Waals surface area contributed by atoms with E-state index in [2.05, 4.69) is 5.32 Å². The monoisotopic (exact) mass is 283 g/mol. The van der Waals surface area contributed by atoms with E-state index in [4.69, 9.17) is 5.11 Å². The van der Waals surface area contributed by atoms with Crippen molar-refractivity contribution in [3.8, 4) is 0 Å². The summed E-state index contributed by atoms with van der Waals surface area (Å²) in [5.41, 5.74) is -0.0840. The molecule has 19 heavy (non-hydrogen) atoms. The lowest BCUT2D eigenvalue weighted by molar-refractivity contribution is -0.115. The molecule has 102 valence electrons. The normalized spacial score (nSPS) is 18.9. The maximum absolute atomic E-state index is 13.2. The van der Waals surface area contributed by atoms with Crippen LogP contribution >= 0.6 is 11.8 Å². The van der Waals surface area contributed by atoms with Crippen LogP contribution < -0.4 is 5.32 Å². The molecule has 1 aliphatic rings. The molecule has 0 bridgehead atoms. The number of carbonyl (C=O) groups excluding carboxylic acids is 1. The Morgan fingerprint density at radius 3 is 2.79 bits per heavy atom. The Morgan fingerprint density at radius 1 is 1.37 bits per heavy atom. The van der Waals surface area contributed by atoms with Gasteiger partial charge in [0, 0.05) is 0 Å². The number of carboxylic acids is 1. The fraction of sp³-hybridized carbons (Fsp3) is 0.385. The molecule has 1 aliphatic heterocycles. The van der Waals surface area contributed by atoms with E-state index in [0.29, 0.717) is 0 Å². The Hall–Kier alpha value is -1.56. The highest BCUT2D eigenvalue weighted by atomic mass is 32.2. The number of nitrogens with one attached hydrogen (secondary N) is 1. The third kappa shape index (κ3) is 3.47. The van der Waals surface area contributed by atoms with Crippen LogP contribution in [0.3, 0.4) is 0 Å². The second-order valence-corrected chi connectivity index (χ2v) is 5.65. The molecule has 0 radical (unpaired) electrons. The number of carbonyl (C=O) groups is 2. The highest BCUT2D eigenvalue weighted by molar-refractivity contribution is 8.00. The summed E-state index contributed by atoms with van der Waals surface area (Å²) in [6.45, 7) is 0. The third-order valence-electron chi connectivity index (χ3n) is 2.94. The summed E-state index contributed by atoms with van der Waals surface area (Å²) in [4.78, 5) is 23.0. The van der Waals surface area contributed by atoms with Gasteiger partial charge >= 0.3 is 5.97 Å². The molecule has 1 aromatic carbocycles. The summed E-state index contributed by atoms with van der Waals surface area (Å²) in [6.07, 6.45) is 2.85. The second kappa shape index (κ2) is 6.06. The summed E-state index contributed by atoms with van der Waals surface area (Å²) in [7, 11) is 0. The smallest absolute Gasteiger partial charge is 0.337 e. The second-order valence-electron chi connectivity index (χ2n) is 4.34. The molecule has 1 unspecified atom stereocenters. The molecular formula is C13H14FNO3S. The molecule has 1 atom stereocenters. The standard InChI is InChI=1S/C13H14FNO3S/c14-8-4-5-9(13(17)18)10(7-8)15-12(16)11-3-1-2-6-19-11/h4-5,7,11H,1-3,6H2,(H,15,16)(H,17,18). The maximum Gasteiger partial charge on any atom is 0.337 e. The van der Waals surface area contributed by atoms with Gasteiger partial charge in [0.25, 0.3) is 0 Å². The van der Waals surface area contributed by atoms with Crippen LogP contribution in [0.2, 0.25) is 0 Å². The van der Waals surface area contributed by atoms with Crippen LogP contribution in [0.15, 0.2) is 18.2 Å². The van der Waals surface area contributed by atoms with E-state index < -0.39 is 11.8 Å². The van der Waals surface area contributed by atoms with E-state index in [1.54, 1.807) is 11.8 Å². The van der Waals surface area contributed by atoms with E-state index in [1.165, 1.54) is 0 Å². The molecule has 0 aromatic heterocycles. The average molecular weight is 283 g/mol. The average Bonchev–Trinajstić information content (AvgIpc) is 2.39. The Kier molecular flexibility index (Phi) is 4.42. The summed E-state index contributed by atoms with van der Waals surface area (Å²) in [5, 5.41) is 11.3. The van der Waals surface area contributed by atoms with Crippen LogP contribution in [0.1, 0.15) is 29.6 Å². The molecule has 4 nitrogen and oxygen atoms in total. The Labute approximate surface area is 114 Å². The summed E-state index contributed by atoms with van der Waals surface area (Å²) in [6, 6.07) is 3.25. The zero-order valence-corrected chi connectivity index (χ0v) is 11.0. The van der Waals surface area contributed by atoms with Crippen molar-refractivity contribution in [2.75, 3.05) is 11.1 Å². The number of carboxylic acid groups (broad SMARTS) is 1. The van der Waals surface area contributed by atoms with Crippen molar-refractivity contribution in [3.63, 3.8) is 0 Å². The maximum atomic E-state index is 13.2. The number of rotatable bonds is 3. The van der Waals surface area contributed by atoms with Gasteiger partial charge in [0.15, 0.2) is 0 Å². The largest absolute Gasteiger partial charge is 0.478 e. The van der Waals surface area contributed by atoms with Crippen molar-refractivity contribution in [1.29, 1.82) is 0 Å². The number of amides is 1. The first-order valence-electron chi connectivity index (χ1n) is 6.03. The summed E-state index contributed by atoms with van der Waals surface area (Å²) < 4.78 is 13.2. The lowest BCUT2D eigenvalue weighted by Gasteiger charge is -2.20. The third-order valence-corrected chi connectivity index (χ3v) is 4.32. The Balaban J connectivity index is 2.15. The van der Waals surface area contributed by atoms with Crippen molar-refractivity contribution in [2.45, 2.75) is 24.5 Å². The minimum absolute atomic E-state index is 0.0173. The van der Waals surface area contributed by atoms with Crippen LogP contribution in [0.4, 0.5) is 10.1 Å². The molecule has 1 fully saturated rings. The molecule has 1 heterocycles. The first-order valence-corrected chi connectivity index (χ1v) is 7.08. The Bertz CT molecular complexity index is 501. The van der Waals surface area contributed by atoms with Crippen molar-refractivity contribution in [2.24, 2.45) is 0 Å². The number of anilines is 1. The van der Waals surface area contributed by atoms with Gasteiger partial charge in [0.1, 0.15) is 5.82 Å². The van der Waals surface area contributed by atoms with Gasteiger partial charge in [0.2, 0.25) is 5.91 Å². The van der Waals surface area contributed by atoms with Gasteiger partial charge in [-0.1, -0.05) is 6.42 Å². The molecule has 1 aromatic rings. The van der Waals surface area contributed by atoms with Gasteiger partial charge in [-0.15, -0.1) is 11.8 Å². The molecule has 0 spiro atoms.